The highest BCUT2D eigenvalue weighted by atomic mass is 16.3. The van der Waals surface area contributed by atoms with Crippen molar-refractivity contribution in [2.24, 2.45) is 0 Å². The maximum atomic E-state index is 10.6. The van der Waals surface area contributed by atoms with Gasteiger partial charge in [0, 0.05) is 24.2 Å². The monoisotopic (exact) mass is 256 g/mol. The molecule has 100 valence electrons. The van der Waals surface area contributed by atoms with Gasteiger partial charge >= 0.3 is 0 Å². The van der Waals surface area contributed by atoms with E-state index in [0.717, 1.165) is 31.4 Å². The molecule has 3 nitrogen and oxygen atoms in total. The van der Waals surface area contributed by atoms with Crippen molar-refractivity contribution in [3.63, 3.8) is 0 Å². The molecule has 2 atom stereocenters. The summed E-state index contributed by atoms with van der Waals surface area (Å²) in [5.41, 5.74) is 3.63. The molecule has 1 aromatic heterocycles. The minimum absolute atomic E-state index is 0.208. The molecule has 3 rings (SSSR count). The summed E-state index contributed by atoms with van der Waals surface area (Å²) in [7, 11) is 0. The lowest BCUT2D eigenvalue weighted by atomic mass is 9.78. The van der Waals surface area contributed by atoms with Crippen LogP contribution >= 0.6 is 0 Å². The van der Waals surface area contributed by atoms with E-state index >= 15 is 0 Å². The zero-order valence-corrected chi connectivity index (χ0v) is 11.3. The van der Waals surface area contributed by atoms with Crippen LogP contribution in [0.25, 0.3) is 0 Å². The maximum absolute atomic E-state index is 10.6. The molecule has 1 N–H and O–H groups in total. The first kappa shape index (κ1) is 12.4. The fourth-order valence-electron chi connectivity index (χ4n) is 3.06. The molecular weight excluding hydrogens is 236 g/mol. The first-order valence-electron chi connectivity index (χ1n) is 7.08. The number of rotatable bonds is 3. The lowest BCUT2D eigenvalue weighted by Gasteiger charge is -2.29. The van der Waals surface area contributed by atoms with Crippen LogP contribution in [0.5, 0.6) is 0 Å². The summed E-state index contributed by atoms with van der Waals surface area (Å²) in [6.45, 7) is 2.90. The van der Waals surface area contributed by atoms with Gasteiger partial charge in [0.15, 0.2) is 0 Å². The Bertz CT molecular complexity index is 561. The number of aromatic nitrogens is 2. The maximum Gasteiger partial charge on any atom is 0.0889 e. The Labute approximate surface area is 113 Å². The van der Waals surface area contributed by atoms with Crippen LogP contribution in [0.3, 0.4) is 0 Å². The van der Waals surface area contributed by atoms with Crippen molar-refractivity contribution in [1.82, 2.24) is 9.78 Å². The number of hydrogen-bond acceptors (Lipinski definition) is 2. The van der Waals surface area contributed by atoms with Crippen LogP contribution in [0.2, 0.25) is 0 Å². The molecule has 19 heavy (non-hydrogen) atoms. The number of aliphatic hydroxyl groups excluding tert-OH is 1. The topological polar surface area (TPSA) is 38.0 Å². The highest BCUT2D eigenvalue weighted by molar-refractivity contribution is 5.34. The van der Waals surface area contributed by atoms with E-state index in [2.05, 4.69) is 36.3 Å². The van der Waals surface area contributed by atoms with E-state index in [1.807, 2.05) is 10.9 Å². The van der Waals surface area contributed by atoms with E-state index < -0.39 is 6.10 Å². The van der Waals surface area contributed by atoms with Gasteiger partial charge in [-0.05, 0) is 37.3 Å². The van der Waals surface area contributed by atoms with Crippen LogP contribution in [0, 0.1) is 0 Å². The second-order valence-electron chi connectivity index (χ2n) is 5.27. The summed E-state index contributed by atoms with van der Waals surface area (Å²) in [5.74, 6) is 0.208. The largest absolute Gasteiger partial charge is 0.388 e. The summed E-state index contributed by atoms with van der Waals surface area (Å²) in [5, 5.41) is 14.9. The fraction of sp³-hybridized carbons (Fsp3) is 0.438. The van der Waals surface area contributed by atoms with Crippen molar-refractivity contribution >= 4 is 0 Å². The predicted molar refractivity (Wildman–Crippen MR) is 75.0 cm³/mol. The van der Waals surface area contributed by atoms with Gasteiger partial charge < -0.3 is 5.11 Å². The number of hydrogen-bond donors (Lipinski definition) is 1. The molecule has 0 bridgehead atoms. The zero-order valence-electron chi connectivity index (χ0n) is 11.3. The van der Waals surface area contributed by atoms with Crippen molar-refractivity contribution in [3.8, 4) is 0 Å². The third-order valence-electron chi connectivity index (χ3n) is 4.12. The van der Waals surface area contributed by atoms with Gasteiger partial charge in [0.1, 0.15) is 0 Å². The molecule has 0 spiro atoms. The van der Waals surface area contributed by atoms with Crippen LogP contribution in [-0.4, -0.2) is 14.9 Å². The number of benzene rings is 1. The Hall–Kier alpha value is -1.61. The van der Waals surface area contributed by atoms with Crippen LogP contribution in [0.1, 0.15) is 48.5 Å². The third kappa shape index (κ3) is 2.30. The number of nitrogens with zero attached hydrogens (tertiary/aromatic N) is 2. The molecule has 1 aliphatic rings. The average Bonchev–Trinajstić information content (AvgIpc) is 2.95. The summed E-state index contributed by atoms with van der Waals surface area (Å²) >= 11 is 0. The Kier molecular flexibility index (Phi) is 3.38. The molecule has 2 aromatic rings. The molecule has 1 aliphatic carbocycles. The van der Waals surface area contributed by atoms with Gasteiger partial charge in [-0.25, -0.2) is 0 Å². The molecule has 1 aromatic carbocycles. The first-order chi connectivity index (χ1) is 9.29. The third-order valence-corrected chi connectivity index (χ3v) is 4.12. The van der Waals surface area contributed by atoms with Gasteiger partial charge in [-0.3, -0.25) is 4.68 Å². The van der Waals surface area contributed by atoms with Gasteiger partial charge in [-0.15, -0.1) is 0 Å². The average molecular weight is 256 g/mol. The van der Waals surface area contributed by atoms with Crippen LogP contribution in [0.4, 0.5) is 0 Å². The van der Waals surface area contributed by atoms with E-state index in [1.54, 1.807) is 6.20 Å². The second kappa shape index (κ2) is 5.17. The highest BCUT2D eigenvalue weighted by Gasteiger charge is 2.28. The van der Waals surface area contributed by atoms with E-state index in [0.29, 0.717) is 0 Å². The molecule has 0 saturated heterocycles. The normalized spacial score (nSPS) is 20.0. The predicted octanol–water partition coefficient (Wildman–Crippen LogP) is 3.06. The quantitative estimate of drug-likeness (QED) is 0.916. The zero-order chi connectivity index (χ0) is 13.2. The van der Waals surface area contributed by atoms with Crippen molar-refractivity contribution < 1.29 is 5.11 Å². The van der Waals surface area contributed by atoms with E-state index in [4.69, 9.17) is 0 Å². The molecule has 3 heteroatoms. The van der Waals surface area contributed by atoms with Crippen LogP contribution < -0.4 is 0 Å². The number of fused-ring (bicyclic) bond motifs is 1. The lowest BCUT2D eigenvalue weighted by Crippen LogP contribution is -2.16. The van der Waals surface area contributed by atoms with Gasteiger partial charge in [0.2, 0.25) is 0 Å². The molecule has 1 heterocycles. The summed E-state index contributed by atoms with van der Waals surface area (Å²) in [4.78, 5) is 0. The van der Waals surface area contributed by atoms with Crippen LogP contribution in [0.15, 0.2) is 36.7 Å². The SMILES string of the molecule is CCn1cc(C(O)C2CCCc3ccccc32)cn1. The van der Waals surface area contributed by atoms with Crippen LogP contribution in [-0.2, 0) is 13.0 Å². The molecule has 0 aliphatic heterocycles. The second-order valence-corrected chi connectivity index (χ2v) is 5.27. The number of aryl methyl sites for hydroxylation is 2. The molecule has 0 fully saturated rings. The molecule has 0 amide bonds. The Balaban J connectivity index is 1.90. The molecule has 0 saturated carbocycles. The van der Waals surface area contributed by atoms with E-state index in [9.17, 15) is 5.11 Å². The summed E-state index contributed by atoms with van der Waals surface area (Å²) in [6.07, 6.45) is 6.65. The van der Waals surface area contributed by atoms with E-state index in [-0.39, 0.29) is 5.92 Å². The smallest absolute Gasteiger partial charge is 0.0889 e. The molecule has 2 unspecified atom stereocenters. The van der Waals surface area contributed by atoms with Gasteiger partial charge in [0.25, 0.3) is 0 Å². The summed E-state index contributed by atoms with van der Waals surface area (Å²) in [6, 6.07) is 8.50. The minimum Gasteiger partial charge on any atom is -0.388 e. The summed E-state index contributed by atoms with van der Waals surface area (Å²) < 4.78 is 1.87. The molecular formula is C16H20N2O. The van der Waals surface area contributed by atoms with Gasteiger partial charge in [0.05, 0.1) is 12.3 Å². The van der Waals surface area contributed by atoms with Gasteiger partial charge in [-0.1, -0.05) is 24.3 Å². The van der Waals surface area contributed by atoms with Crippen molar-refractivity contribution in [3.05, 3.63) is 53.3 Å². The lowest BCUT2D eigenvalue weighted by molar-refractivity contribution is 0.136. The fourth-order valence-corrected chi connectivity index (χ4v) is 3.06. The minimum atomic E-state index is -0.443. The first-order valence-corrected chi connectivity index (χ1v) is 7.08. The van der Waals surface area contributed by atoms with Gasteiger partial charge in [-0.2, -0.15) is 5.10 Å². The Morgan fingerprint density at radius 1 is 1.42 bits per heavy atom. The Morgan fingerprint density at radius 2 is 2.26 bits per heavy atom. The highest BCUT2D eigenvalue weighted by Crippen LogP contribution is 2.39. The molecule has 0 radical (unpaired) electrons. The van der Waals surface area contributed by atoms with Crippen molar-refractivity contribution in [1.29, 1.82) is 0 Å². The number of aliphatic hydroxyl groups is 1. The Morgan fingerprint density at radius 3 is 3.05 bits per heavy atom. The van der Waals surface area contributed by atoms with Crippen molar-refractivity contribution in [2.45, 2.75) is 44.8 Å². The van der Waals surface area contributed by atoms with Crippen molar-refractivity contribution in [2.75, 3.05) is 0 Å². The standard InChI is InChI=1S/C16H20N2O/c1-2-18-11-13(10-17-18)16(19)15-9-5-7-12-6-3-4-8-14(12)15/h3-4,6,8,10-11,15-16,19H,2,5,7,9H2,1H3. The van der Waals surface area contributed by atoms with E-state index in [1.165, 1.54) is 11.1 Å².